The van der Waals surface area contributed by atoms with Gasteiger partial charge in [0.25, 0.3) is 5.56 Å². The Balaban J connectivity index is 1.29. The molecule has 4 nitrogen and oxygen atoms in total. The van der Waals surface area contributed by atoms with Gasteiger partial charge in [-0.2, -0.15) is 0 Å². The summed E-state index contributed by atoms with van der Waals surface area (Å²) in [4.78, 5) is 20.1. The molecule has 1 fully saturated rings. The summed E-state index contributed by atoms with van der Waals surface area (Å²) in [7, 11) is 0. The van der Waals surface area contributed by atoms with Crippen LogP contribution in [0.15, 0.2) is 77.9 Å². The molecule has 1 aliphatic heterocycles. The molecule has 4 aromatic rings. The minimum absolute atomic E-state index is 0.0242. The van der Waals surface area contributed by atoms with Crippen molar-refractivity contribution in [1.29, 1.82) is 0 Å². The van der Waals surface area contributed by atoms with Crippen molar-refractivity contribution in [3.05, 3.63) is 100 Å². The lowest BCUT2D eigenvalue weighted by Crippen LogP contribution is -2.21. The first-order chi connectivity index (χ1) is 15.7. The van der Waals surface area contributed by atoms with E-state index in [1.807, 2.05) is 18.2 Å². The molecule has 5 rings (SSSR count). The molecule has 0 bridgehead atoms. The number of benzene rings is 3. The molecule has 0 radical (unpaired) electrons. The van der Waals surface area contributed by atoms with Crippen molar-refractivity contribution >= 4 is 10.9 Å². The highest BCUT2D eigenvalue weighted by atomic mass is 16.1. The lowest BCUT2D eigenvalue weighted by molar-refractivity contribution is 0.331. The fraction of sp³-hybridized carbons (Fsp3) is 0.286. The largest absolute Gasteiger partial charge is 0.299 e. The Morgan fingerprint density at radius 2 is 1.53 bits per heavy atom. The van der Waals surface area contributed by atoms with Gasteiger partial charge in [-0.25, -0.2) is 4.98 Å². The van der Waals surface area contributed by atoms with Gasteiger partial charge in [0.2, 0.25) is 0 Å². The smallest absolute Gasteiger partial charge is 0.261 e. The molecule has 2 heterocycles. The highest BCUT2D eigenvalue weighted by molar-refractivity contribution is 5.83. The van der Waals surface area contributed by atoms with Gasteiger partial charge in [-0.3, -0.25) is 14.3 Å². The van der Waals surface area contributed by atoms with Gasteiger partial charge in [0.1, 0.15) is 0 Å². The van der Waals surface area contributed by atoms with Crippen molar-refractivity contribution in [1.82, 2.24) is 14.5 Å². The molecule has 0 amide bonds. The maximum atomic E-state index is 13.0. The molecular weight excluding hydrogens is 394 g/mol. The summed E-state index contributed by atoms with van der Waals surface area (Å²) in [5, 5.41) is 0.671. The Morgan fingerprint density at radius 3 is 2.28 bits per heavy atom. The van der Waals surface area contributed by atoms with E-state index in [1.54, 1.807) is 10.9 Å². The highest BCUT2D eigenvalue weighted by Crippen LogP contribution is 2.22. The first-order valence-electron chi connectivity index (χ1n) is 11.5. The van der Waals surface area contributed by atoms with E-state index in [0.29, 0.717) is 11.9 Å². The molecule has 0 atom stereocenters. The Bertz CT molecular complexity index is 1270. The first kappa shape index (κ1) is 20.7. The molecule has 1 aromatic heterocycles. The molecule has 32 heavy (non-hydrogen) atoms. The number of hydrogen-bond donors (Lipinski definition) is 0. The van der Waals surface area contributed by atoms with Crippen LogP contribution in [0, 0.1) is 6.92 Å². The summed E-state index contributed by atoms with van der Waals surface area (Å²) >= 11 is 0. The van der Waals surface area contributed by atoms with Gasteiger partial charge in [0.05, 0.1) is 17.2 Å². The lowest BCUT2D eigenvalue weighted by Gasteiger charge is -2.14. The first-order valence-corrected chi connectivity index (χ1v) is 11.5. The summed E-state index contributed by atoms with van der Waals surface area (Å²) in [6, 6.07) is 23.2. The molecule has 162 valence electrons. The summed E-state index contributed by atoms with van der Waals surface area (Å²) in [6.45, 7) is 6.18. The van der Waals surface area contributed by atoms with Crippen LogP contribution in [0.25, 0.3) is 22.0 Å². The summed E-state index contributed by atoms with van der Waals surface area (Å²) in [5.74, 6) is 0. The van der Waals surface area contributed by atoms with Gasteiger partial charge in [-0.05, 0) is 73.7 Å². The Labute approximate surface area is 189 Å². The monoisotopic (exact) mass is 423 g/mol. The van der Waals surface area contributed by atoms with Crippen molar-refractivity contribution in [2.45, 2.75) is 39.3 Å². The zero-order valence-corrected chi connectivity index (χ0v) is 18.6. The van der Waals surface area contributed by atoms with Crippen LogP contribution in [-0.2, 0) is 19.5 Å². The number of rotatable bonds is 6. The predicted octanol–water partition coefficient (Wildman–Crippen LogP) is 5.21. The number of aryl methyl sites for hydroxylation is 3. The van der Waals surface area contributed by atoms with Gasteiger partial charge < -0.3 is 0 Å². The highest BCUT2D eigenvalue weighted by Gasteiger charge is 2.11. The van der Waals surface area contributed by atoms with Crippen LogP contribution >= 0.6 is 0 Å². The topological polar surface area (TPSA) is 38.1 Å². The number of nitrogens with zero attached hydrogens (tertiary/aromatic N) is 3. The van der Waals surface area contributed by atoms with Crippen molar-refractivity contribution in [3.63, 3.8) is 0 Å². The van der Waals surface area contributed by atoms with Crippen LogP contribution in [0.5, 0.6) is 0 Å². The van der Waals surface area contributed by atoms with Crippen molar-refractivity contribution in [2.24, 2.45) is 0 Å². The molecular formula is C28H29N3O. The van der Waals surface area contributed by atoms with E-state index < -0.39 is 0 Å². The zero-order valence-electron chi connectivity index (χ0n) is 18.6. The Hall–Kier alpha value is -3.24. The van der Waals surface area contributed by atoms with Crippen LogP contribution in [-0.4, -0.2) is 27.5 Å². The maximum absolute atomic E-state index is 13.0. The third-order valence-electron chi connectivity index (χ3n) is 6.48. The van der Waals surface area contributed by atoms with E-state index in [4.69, 9.17) is 0 Å². The number of aromatic nitrogens is 2. The number of likely N-dealkylation sites (tertiary alicyclic amines) is 1. The molecule has 3 aromatic carbocycles. The minimum Gasteiger partial charge on any atom is -0.299 e. The van der Waals surface area contributed by atoms with Crippen LogP contribution in [0.1, 0.15) is 29.5 Å². The van der Waals surface area contributed by atoms with E-state index in [-0.39, 0.29) is 5.56 Å². The summed E-state index contributed by atoms with van der Waals surface area (Å²) in [5.41, 5.74) is 6.83. The molecule has 1 saturated heterocycles. The van der Waals surface area contributed by atoms with E-state index in [0.717, 1.165) is 29.6 Å². The Kier molecular flexibility index (Phi) is 5.87. The van der Waals surface area contributed by atoms with Crippen molar-refractivity contribution < 1.29 is 0 Å². The second kappa shape index (κ2) is 9.09. The number of fused-ring (bicyclic) bond motifs is 1. The average Bonchev–Trinajstić information content (AvgIpc) is 3.33. The van der Waals surface area contributed by atoms with Crippen LogP contribution < -0.4 is 5.56 Å². The molecule has 4 heteroatoms. The van der Waals surface area contributed by atoms with Crippen LogP contribution in [0.3, 0.4) is 0 Å². The second-order valence-electron chi connectivity index (χ2n) is 8.89. The van der Waals surface area contributed by atoms with E-state index in [2.05, 4.69) is 65.3 Å². The van der Waals surface area contributed by atoms with Gasteiger partial charge in [-0.15, -0.1) is 0 Å². The van der Waals surface area contributed by atoms with Gasteiger partial charge in [-0.1, -0.05) is 60.2 Å². The van der Waals surface area contributed by atoms with Gasteiger partial charge in [0, 0.05) is 13.1 Å². The average molecular weight is 424 g/mol. The van der Waals surface area contributed by atoms with Crippen LogP contribution in [0.2, 0.25) is 0 Å². The zero-order chi connectivity index (χ0) is 21.9. The third-order valence-corrected chi connectivity index (χ3v) is 6.48. The summed E-state index contributed by atoms with van der Waals surface area (Å²) in [6.07, 6.45) is 5.14. The molecule has 0 unspecified atom stereocenters. The van der Waals surface area contributed by atoms with Crippen molar-refractivity contribution in [3.8, 4) is 11.1 Å². The molecule has 0 aliphatic carbocycles. The predicted molar refractivity (Wildman–Crippen MR) is 131 cm³/mol. The van der Waals surface area contributed by atoms with E-state index in [9.17, 15) is 4.79 Å². The lowest BCUT2D eigenvalue weighted by atomic mass is 10.0. The van der Waals surface area contributed by atoms with Crippen molar-refractivity contribution in [2.75, 3.05) is 13.1 Å². The van der Waals surface area contributed by atoms with E-state index >= 15 is 0 Å². The van der Waals surface area contributed by atoms with Gasteiger partial charge in [0.15, 0.2) is 0 Å². The molecule has 0 N–H and O–H groups in total. The normalized spacial score (nSPS) is 14.3. The quantitative estimate of drug-likeness (QED) is 0.427. The SMILES string of the molecule is Cc1ccc(-c2ccc3c(=O)n(CCc4ccc(CN5CCCC5)cc4)cnc3c2)cc1. The molecule has 1 aliphatic rings. The molecule has 0 spiro atoms. The minimum atomic E-state index is 0.0242. The summed E-state index contributed by atoms with van der Waals surface area (Å²) < 4.78 is 1.73. The fourth-order valence-electron chi connectivity index (χ4n) is 4.50. The standard InChI is InChI=1S/C28H29N3O/c1-21-4-10-24(11-5-21)25-12-13-26-27(18-25)29-20-31(28(26)32)17-14-22-6-8-23(9-7-22)19-30-15-2-3-16-30/h4-13,18,20H,2-3,14-17,19H2,1H3. The van der Waals surface area contributed by atoms with Gasteiger partial charge >= 0.3 is 0 Å². The third kappa shape index (κ3) is 4.51. The molecule has 0 saturated carbocycles. The number of hydrogen-bond acceptors (Lipinski definition) is 3. The second-order valence-corrected chi connectivity index (χ2v) is 8.89. The van der Waals surface area contributed by atoms with Crippen LogP contribution in [0.4, 0.5) is 0 Å². The Morgan fingerprint density at radius 1 is 0.844 bits per heavy atom. The van der Waals surface area contributed by atoms with E-state index in [1.165, 1.54) is 42.6 Å². The fourth-order valence-corrected chi connectivity index (χ4v) is 4.50. The maximum Gasteiger partial charge on any atom is 0.261 e.